The van der Waals surface area contributed by atoms with Crippen LogP contribution < -0.4 is 15.4 Å². The summed E-state index contributed by atoms with van der Waals surface area (Å²) >= 11 is 0. The fraction of sp³-hybridized carbons (Fsp3) is 0.467. The highest BCUT2D eigenvalue weighted by molar-refractivity contribution is 5.81. The van der Waals surface area contributed by atoms with Gasteiger partial charge in [-0.3, -0.25) is 4.79 Å². The van der Waals surface area contributed by atoms with Crippen LogP contribution in [0, 0.1) is 16.7 Å². The molecule has 1 rings (SSSR count). The van der Waals surface area contributed by atoms with Gasteiger partial charge in [0.25, 0.3) is 0 Å². The molecule has 1 amide bonds. The lowest BCUT2D eigenvalue weighted by Crippen LogP contribution is -2.41. The molecule has 0 spiro atoms. The summed E-state index contributed by atoms with van der Waals surface area (Å²) < 4.78 is 5.18. The average Bonchev–Trinajstić information content (AvgIpc) is 2.45. The smallest absolute Gasteiger partial charge is 0.226 e. The molecule has 0 atom stereocenters. The number of carbonyl (C=O) groups is 1. The molecule has 0 unspecified atom stereocenters. The zero-order chi connectivity index (χ0) is 15.0. The van der Waals surface area contributed by atoms with E-state index >= 15 is 0 Å². The molecule has 0 aliphatic heterocycles. The first kappa shape index (κ1) is 16.0. The molecule has 108 valence electrons. The Kier molecular flexibility index (Phi) is 6.01. The van der Waals surface area contributed by atoms with E-state index < -0.39 is 5.41 Å². The highest BCUT2D eigenvalue weighted by Crippen LogP contribution is 2.15. The maximum Gasteiger partial charge on any atom is 0.226 e. The lowest BCUT2D eigenvalue weighted by molar-refractivity contribution is -0.128. The van der Waals surface area contributed by atoms with Crippen molar-refractivity contribution in [2.75, 3.05) is 20.2 Å². The molecule has 0 aliphatic carbocycles. The fourth-order valence-corrected chi connectivity index (χ4v) is 1.76. The van der Waals surface area contributed by atoms with Gasteiger partial charge in [0, 0.05) is 20.1 Å². The summed E-state index contributed by atoms with van der Waals surface area (Å²) in [7, 11) is 1.64. The second-order valence-electron chi connectivity index (χ2n) is 5.16. The maximum absolute atomic E-state index is 11.6. The number of amides is 1. The van der Waals surface area contributed by atoms with Crippen LogP contribution in [0.5, 0.6) is 5.75 Å². The number of nitriles is 1. The zero-order valence-corrected chi connectivity index (χ0v) is 12.2. The predicted octanol–water partition coefficient (Wildman–Crippen LogP) is 1.45. The van der Waals surface area contributed by atoms with Gasteiger partial charge in [-0.1, -0.05) is 12.1 Å². The number of carbonyl (C=O) groups excluding carboxylic acids is 1. The van der Waals surface area contributed by atoms with Crippen LogP contribution >= 0.6 is 0 Å². The van der Waals surface area contributed by atoms with Gasteiger partial charge < -0.3 is 15.4 Å². The van der Waals surface area contributed by atoms with Crippen molar-refractivity contribution in [1.29, 1.82) is 5.26 Å². The first-order valence-corrected chi connectivity index (χ1v) is 6.51. The van der Waals surface area contributed by atoms with Gasteiger partial charge in [0.05, 0.1) is 5.41 Å². The molecule has 0 aromatic heterocycles. The zero-order valence-electron chi connectivity index (χ0n) is 12.2. The standard InChI is InChI=1S/C15H21N3O2/c1-15(2,14(19)17-3)11-18-10-12-4-6-13(7-5-12)20-9-8-16/h4-7,18H,9-11H2,1-3H3,(H,17,19). The van der Waals surface area contributed by atoms with Crippen molar-refractivity contribution in [2.24, 2.45) is 5.41 Å². The van der Waals surface area contributed by atoms with Crippen LogP contribution in [-0.4, -0.2) is 26.1 Å². The normalized spacial score (nSPS) is 10.7. The molecular weight excluding hydrogens is 254 g/mol. The molecule has 0 saturated heterocycles. The molecule has 0 heterocycles. The number of hydrogen-bond acceptors (Lipinski definition) is 4. The van der Waals surface area contributed by atoms with E-state index in [0.29, 0.717) is 18.8 Å². The van der Waals surface area contributed by atoms with E-state index in [4.69, 9.17) is 10.00 Å². The van der Waals surface area contributed by atoms with Crippen LogP contribution in [0.1, 0.15) is 19.4 Å². The van der Waals surface area contributed by atoms with E-state index in [9.17, 15) is 4.79 Å². The van der Waals surface area contributed by atoms with Gasteiger partial charge >= 0.3 is 0 Å². The van der Waals surface area contributed by atoms with Crippen LogP contribution in [0.3, 0.4) is 0 Å². The highest BCUT2D eigenvalue weighted by atomic mass is 16.5. The van der Waals surface area contributed by atoms with Gasteiger partial charge in [0.2, 0.25) is 5.91 Å². The van der Waals surface area contributed by atoms with Crippen molar-refractivity contribution in [2.45, 2.75) is 20.4 Å². The van der Waals surface area contributed by atoms with E-state index in [1.807, 2.05) is 44.2 Å². The molecule has 0 bridgehead atoms. The summed E-state index contributed by atoms with van der Waals surface area (Å²) in [5, 5.41) is 14.3. The highest BCUT2D eigenvalue weighted by Gasteiger charge is 2.25. The third-order valence-electron chi connectivity index (χ3n) is 2.96. The van der Waals surface area contributed by atoms with Crippen LogP contribution in [0.15, 0.2) is 24.3 Å². The predicted molar refractivity (Wildman–Crippen MR) is 77.1 cm³/mol. The van der Waals surface area contributed by atoms with Crippen LogP contribution in [0.25, 0.3) is 0 Å². The summed E-state index contributed by atoms with van der Waals surface area (Å²) in [5.41, 5.74) is 0.659. The van der Waals surface area contributed by atoms with Crippen molar-refractivity contribution in [3.63, 3.8) is 0 Å². The topological polar surface area (TPSA) is 74.2 Å². The Morgan fingerprint density at radius 1 is 1.35 bits per heavy atom. The number of hydrogen-bond donors (Lipinski definition) is 2. The number of ether oxygens (including phenoxy) is 1. The van der Waals surface area contributed by atoms with E-state index in [2.05, 4.69) is 10.6 Å². The second kappa shape index (κ2) is 7.51. The Bertz CT molecular complexity index is 475. The van der Waals surface area contributed by atoms with Crippen molar-refractivity contribution < 1.29 is 9.53 Å². The molecule has 1 aromatic rings. The Balaban J connectivity index is 2.43. The van der Waals surface area contributed by atoms with Gasteiger partial charge in [-0.15, -0.1) is 0 Å². The molecule has 0 fully saturated rings. The van der Waals surface area contributed by atoms with Crippen molar-refractivity contribution in [3.05, 3.63) is 29.8 Å². The molecule has 5 nitrogen and oxygen atoms in total. The molecule has 20 heavy (non-hydrogen) atoms. The maximum atomic E-state index is 11.6. The summed E-state index contributed by atoms with van der Waals surface area (Å²) in [6.07, 6.45) is 0. The molecular formula is C15H21N3O2. The Morgan fingerprint density at radius 2 is 2.00 bits per heavy atom. The minimum absolute atomic E-state index is 0.0188. The number of benzene rings is 1. The molecule has 2 N–H and O–H groups in total. The van der Waals surface area contributed by atoms with Gasteiger partial charge in [-0.2, -0.15) is 5.26 Å². The van der Waals surface area contributed by atoms with Crippen LogP contribution in [-0.2, 0) is 11.3 Å². The first-order valence-electron chi connectivity index (χ1n) is 6.51. The van der Waals surface area contributed by atoms with Crippen LogP contribution in [0.4, 0.5) is 0 Å². The van der Waals surface area contributed by atoms with Crippen molar-refractivity contribution in [1.82, 2.24) is 10.6 Å². The number of nitrogens with zero attached hydrogens (tertiary/aromatic N) is 1. The lowest BCUT2D eigenvalue weighted by atomic mass is 9.92. The Morgan fingerprint density at radius 3 is 2.55 bits per heavy atom. The van der Waals surface area contributed by atoms with E-state index in [1.165, 1.54) is 0 Å². The summed E-state index contributed by atoms with van der Waals surface area (Å²) in [4.78, 5) is 11.6. The SMILES string of the molecule is CNC(=O)C(C)(C)CNCc1ccc(OCC#N)cc1. The second-order valence-corrected chi connectivity index (χ2v) is 5.16. The average molecular weight is 275 g/mol. The van der Waals surface area contributed by atoms with E-state index in [0.717, 1.165) is 5.56 Å². The molecule has 0 saturated carbocycles. The van der Waals surface area contributed by atoms with Gasteiger partial charge in [-0.05, 0) is 31.5 Å². The summed E-state index contributed by atoms with van der Waals surface area (Å²) in [6.45, 7) is 5.13. The van der Waals surface area contributed by atoms with Gasteiger partial charge in [-0.25, -0.2) is 0 Å². The van der Waals surface area contributed by atoms with Crippen LogP contribution in [0.2, 0.25) is 0 Å². The number of nitrogens with one attached hydrogen (secondary N) is 2. The first-order chi connectivity index (χ1) is 9.49. The van der Waals surface area contributed by atoms with E-state index in [1.54, 1.807) is 7.05 Å². The third kappa shape index (κ3) is 4.90. The number of rotatable bonds is 7. The Hall–Kier alpha value is -2.06. The largest absolute Gasteiger partial charge is 0.479 e. The lowest BCUT2D eigenvalue weighted by Gasteiger charge is -2.22. The molecule has 0 aliphatic rings. The molecule has 5 heteroatoms. The van der Waals surface area contributed by atoms with Gasteiger partial charge in [0.1, 0.15) is 11.8 Å². The summed E-state index contributed by atoms with van der Waals surface area (Å²) in [6, 6.07) is 9.46. The van der Waals surface area contributed by atoms with Crippen molar-refractivity contribution >= 4 is 5.91 Å². The molecule has 1 aromatic carbocycles. The van der Waals surface area contributed by atoms with Crippen molar-refractivity contribution in [3.8, 4) is 11.8 Å². The minimum Gasteiger partial charge on any atom is -0.479 e. The van der Waals surface area contributed by atoms with E-state index in [-0.39, 0.29) is 12.5 Å². The monoisotopic (exact) mass is 275 g/mol. The Labute approximate surface area is 119 Å². The minimum atomic E-state index is -0.440. The third-order valence-corrected chi connectivity index (χ3v) is 2.96. The molecule has 0 radical (unpaired) electrons. The fourth-order valence-electron chi connectivity index (χ4n) is 1.76. The summed E-state index contributed by atoms with van der Waals surface area (Å²) in [5.74, 6) is 0.700. The van der Waals surface area contributed by atoms with Gasteiger partial charge in [0.15, 0.2) is 6.61 Å². The quantitative estimate of drug-likeness (QED) is 0.790.